The van der Waals surface area contributed by atoms with E-state index in [1.54, 1.807) is 12.1 Å². The molecule has 29 heavy (non-hydrogen) atoms. The van der Waals surface area contributed by atoms with E-state index in [4.69, 9.17) is 4.74 Å². The lowest BCUT2D eigenvalue weighted by molar-refractivity contribution is 0.0673. The van der Waals surface area contributed by atoms with Crippen molar-refractivity contribution < 1.29 is 24.5 Å². The highest BCUT2D eigenvalue weighted by Crippen LogP contribution is 2.27. The number of ether oxygens (including phenoxy) is 1. The van der Waals surface area contributed by atoms with Crippen LogP contribution in [-0.2, 0) is 0 Å². The second-order valence-corrected chi connectivity index (χ2v) is 6.42. The summed E-state index contributed by atoms with van der Waals surface area (Å²) in [4.78, 5) is 43.2. The van der Waals surface area contributed by atoms with Crippen LogP contribution in [0.4, 0.5) is 0 Å². The quantitative estimate of drug-likeness (QED) is 0.459. The van der Waals surface area contributed by atoms with Crippen LogP contribution in [-0.4, -0.2) is 32.1 Å². The lowest BCUT2D eigenvalue weighted by Gasteiger charge is -2.10. The molecule has 4 rings (SSSR count). The fourth-order valence-electron chi connectivity index (χ4n) is 3.08. The number of aromatic hydroxyl groups is 1. The number of esters is 1. The number of rotatable bonds is 3. The van der Waals surface area contributed by atoms with Crippen molar-refractivity contribution in [2.45, 2.75) is 6.92 Å². The number of aromatic carboxylic acids is 1. The van der Waals surface area contributed by atoms with Crippen molar-refractivity contribution in [3.8, 4) is 11.5 Å². The van der Waals surface area contributed by atoms with Gasteiger partial charge in [0.25, 0.3) is 0 Å². The first kappa shape index (κ1) is 18.2. The third-order valence-electron chi connectivity index (χ3n) is 4.51. The van der Waals surface area contributed by atoms with E-state index in [1.165, 1.54) is 24.3 Å². The average molecular weight is 390 g/mol. The number of pyridine rings is 2. The zero-order valence-electron chi connectivity index (χ0n) is 15.1. The molecule has 8 heteroatoms. The molecule has 8 nitrogen and oxygen atoms in total. The molecule has 0 atom stereocenters. The molecule has 0 aliphatic rings. The van der Waals surface area contributed by atoms with Crippen molar-refractivity contribution >= 4 is 33.7 Å². The number of phenolic OH excluding ortho intramolecular Hbond substituents is 1. The van der Waals surface area contributed by atoms with E-state index in [0.717, 1.165) is 11.6 Å². The molecular weight excluding hydrogens is 376 g/mol. The first-order chi connectivity index (χ1) is 13.8. The van der Waals surface area contributed by atoms with Crippen LogP contribution >= 0.6 is 0 Å². The van der Waals surface area contributed by atoms with Crippen molar-refractivity contribution in [2.75, 3.05) is 0 Å². The molecule has 3 N–H and O–H groups in total. The maximum Gasteiger partial charge on any atom is 0.360 e. The van der Waals surface area contributed by atoms with Crippen LogP contribution in [0, 0.1) is 6.92 Å². The molecule has 144 valence electrons. The summed E-state index contributed by atoms with van der Waals surface area (Å²) < 4.78 is 5.27. The van der Waals surface area contributed by atoms with Crippen LogP contribution in [0.2, 0.25) is 0 Å². The molecule has 0 aliphatic carbocycles. The number of nitrogens with zero attached hydrogens (tertiary/aromatic N) is 1. The van der Waals surface area contributed by atoms with Crippen molar-refractivity contribution in [3.05, 3.63) is 75.7 Å². The third-order valence-corrected chi connectivity index (χ3v) is 4.51. The van der Waals surface area contributed by atoms with Crippen LogP contribution in [0.25, 0.3) is 21.8 Å². The van der Waals surface area contributed by atoms with Gasteiger partial charge in [-0.3, -0.25) is 4.79 Å². The summed E-state index contributed by atoms with van der Waals surface area (Å²) in [5, 5.41) is 20.2. The number of carboxylic acid groups (broad SMARTS) is 1. The summed E-state index contributed by atoms with van der Waals surface area (Å²) in [5.41, 5.74) is 0.206. The molecule has 0 unspecified atom stereocenters. The zero-order chi connectivity index (χ0) is 20.7. The Morgan fingerprint density at radius 2 is 1.83 bits per heavy atom. The fourth-order valence-corrected chi connectivity index (χ4v) is 3.08. The van der Waals surface area contributed by atoms with Crippen LogP contribution in [0.3, 0.4) is 0 Å². The van der Waals surface area contributed by atoms with Gasteiger partial charge in [-0.15, -0.1) is 0 Å². The van der Waals surface area contributed by atoms with Gasteiger partial charge in [0.1, 0.15) is 11.4 Å². The molecule has 0 saturated heterocycles. The Morgan fingerprint density at radius 3 is 2.59 bits per heavy atom. The molecule has 0 radical (unpaired) electrons. The van der Waals surface area contributed by atoms with Crippen LogP contribution in [0.5, 0.6) is 11.5 Å². The van der Waals surface area contributed by atoms with Gasteiger partial charge in [-0.25, -0.2) is 14.6 Å². The number of H-pyrrole nitrogens is 1. The molecule has 2 aromatic carbocycles. The minimum Gasteiger partial charge on any atom is -0.506 e. The van der Waals surface area contributed by atoms with E-state index in [9.17, 15) is 24.6 Å². The fraction of sp³-hybridized carbons (Fsp3) is 0.0476. The number of hydrogen-bond acceptors (Lipinski definition) is 6. The molecule has 0 saturated carbocycles. The Bertz CT molecular complexity index is 1370. The minimum atomic E-state index is -1.36. The van der Waals surface area contributed by atoms with Gasteiger partial charge in [0.15, 0.2) is 16.9 Å². The number of aryl methyl sites for hydroxylation is 1. The predicted molar refractivity (Wildman–Crippen MR) is 105 cm³/mol. The van der Waals surface area contributed by atoms with E-state index in [-0.39, 0.29) is 28.1 Å². The van der Waals surface area contributed by atoms with Crippen molar-refractivity contribution in [1.82, 2.24) is 9.97 Å². The molecule has 0 aliphatic heterocycles. The Kier molecular flexibility index (Phi) is 4.23. The molecule has 2 aromatic heterocycles. The van der Waals surface area contributed by atoms with E-state index in [2.05, 4.69) is 9.97 Å². The maximum absolute atomic E-state index is 12.6. The number of benzene rings is 2. The number of carboxylic acids is 1. The highest BCUT2D eigenvalue weighted by molar-refractivity contribution is 5.98. The van der Waals surface area contributed by atoms with Crippen LogP contribution in [0.15, 0.2) is 53.3 Å². The normalized spacial score (nSPS) is 10.9. The Hall–Kier alpha value is -4.20. The van der Waals surface area contributed by atoms with Gasteiger partial charge in [-0.1, -0.05) is 18.2 Å². The Morgan fingerprint density at radius 1 is 1.07 bits per heavy atom. The highest BCUT2D eigenvalue weighted by atomic mass is 16.5. The number of nitrogens with one attached hydrogen (secondary N) is 1. The molecule has 0 amide bonds. The molecule has 0 fully saturated rings. The first-order valence-corrected chi connectivity index (χ1v) is 8.56. The number of fused-ring (bicyclic) bond motifs is 2. The van der Waals surface area contributed by atoms with Gasteiger partial charge in [0, 0.05) is 16.8 Å². The van der Waals surface area contributed by atoms with Gasteiger partial charge < -0.3 is 19.9 Å². The van der Waals surface area contributed by atoms with Crippen molar-refractivity contribution in [2.24, 2.45) is 0 Å². The van der Waals surface area contributed by atoms with Gasteiger partial charge in [0.2, 0.25) is 0 Å². The monoisotopic (exact) mass is 390 g/mol. The number of aromatic nitrogens is 2. The number of carbonyl (C=O) groups excluding carboxylic acids is 1. The molecular formula is C21H14N2O6. The average Bonchev–Trinajstić information content (AvgIpc) is 2.68. The summed E-state index contributed by atoms with van der Waals surface area (Å²) in [6, 6.07) is 12.1. The molecule has 2 heterocycles. The summed E-state index contributed by atoms with van der Waals surface area (Å²) >= 11 is 0. The smallest absolute Gasteiger partial charge is 0.360 e. The predicted octanol–water partition coefficient (Wildman–Crippen LogP) is 3.01. The van der Waals surface area contributed by atoms with Gasteiger partial charge >= 0.3 is 11.9 Å². The number of phenols is 1. The van der Waals surface area contributed by atoms with E-state index < -0.39 is 23.1 Å². The number of carbonyl (C=O) groups is 2. The van der Waals surface area contributed by atoms with E-state index >= 15 is 0 Å². The summed E-state index contributed by atoms with van der Waals surface area (Å²) in [7, 11) is 0. The highest BCUT2D eigenvalue weighted by Gasteiger charge is 2.20. The second kappa shape index (κ2) is 6.75. The lowest BCUT2D eigenvalue weighted by atomic mass is 10.1. The third kappa shape index (κ3) is 3.16. The van der Waals surface area contributed by atoms with E-state index in [1.807, 2.05) is 13.0 Å². The summed E-state index contributed by atoms with van der Waals surface area (Å²) in [6.07, 6.45) is 0. The van der Waals surface area contributed by atoms with Crippen LogP contribution < -0.4 is 10.2 Å². The van der Waals surface area contributed by atoms with Gasteiger partial charge in [0.05, 0.1) is 11.0 Å². The number of hydrogen-bond donors (Lipinski definition) is 3. The van der Waals surface area contributed by atoms with Crippen molar-refractivity contribution in [1.29, 1.82) is 0 Å². The first-order valence-electron chi connectivity index (χ1n) is 8.56. The number of aromatic amines is 1. The molecule has 0 bridgehead atoms. The van der Waals surface area contributed by atoms with Crippen LogP contribution in [0.1, 0.15) is 26.5 Å². The standard InChI is InChI=1S/C21H14N2O6/c1-10-4-2-6-13-12(10)8-17(19(22-13)20(26)27)29-21(28)14-9-16(25)11-5-3-7-15(24)18(11)23-14/h2-9,24H,1H3,(H,23,25)(H,26,27). The van der Waals surface area contributed by atoms with Crippen molar-refractivity contribution in [3.63, 3.8) is 0 Å². The minimum absolute atomic E-state index is 0.0814. The second-order valence-electron chi connectivity index (χ2n) is 6.42. The maximum atomic E-state index is 12.6. The van der Waals surface area contributed by atoms with Gasteiger partial charge in [-0.05, 0) is 36.8 Å². The Balaban J connectivity index is 1.82. The lowest BCUT2D eigenvalue weighted by Crippen LogP contribution is -2.17. The SMILES string of the molecule is Cc1cccc2nc(C(=O)O)c(OC(=O)c3cc(=O)c4cccc(O)c4[nH]3)cc12. The summed E-state index contributed by atoms with van der Waals surface area (Å²) in [5.74, 6) is -2.80. The summed E-state index contributed by atoms with van der Waals surface area (Å²) in [6.45, 7) is 1.82. The topological polar surface area (TPSA) is 130 Å². The largest absolute Gasteiger partial charge is 0.506 e. The molecule has 4 aromatic rings. The van der Waals surface area contributed by atoms with Gasteiger partial charge in [-0.2, -0.15) is 0 Å². The Labute approximate surface area is 163 Å². The molecule has 0 spiro atoms. The van der Waals surface area contributed by atoms with E-state index in [0.29, 0.717) is 10.9 Å². The number of para-hydroxylation sites is 1. The zero-order valence-corrected chi connectivity index (χ0v) is 15.1.